The Hall–Kier alpha value is -0.940. The Bertz CT molecular complexity index is 439. The zero-order valence-electron chi connectivity index (χ0n) is 10.3. The molecule has 4 nitrogen and oxygen atoms in total. The van der Waals surface area contributed by atoms with E-state index in [4.69, 9.17) is 0 Å². The van der Waals surface area contributed by atoms with Crippen LogP contribution in [0.4, 0.5) is 0 Å². The molecule has 2 rings (SSSR count). The predicted octanol–water partition coefficient (Wildman–Crippen LogP) is 2.22. The minimum Gasteiger partial charge on any atom is -0.391 e. The highest BCUT2D eigenvalue weighted by atomic mass is 79.9. The van der Waals surface area contributed by atoms with Crippen molar-refractivity contribution in [2.75, 3.05) is 7.05 Å². The molecule has 5 heteroatoms. The van der Waals surface area contributed by atoms with Gasteiger partial charge in [0, 0.05) is 13.2 Å². The minimum absolute atomic E-state index is 0.0849. The predicted molar refractivity (Wildman–Crippen MR) is 72.3 cm³/mol. The number of carbonyl (C=O) groups excluding carboxylic acids is 1. The van der Waals surface area contributed by atoms with Crippen LogP contribution in [-0.4, -0.2) is 40.1 Å². The number of amides is 1. The van der Waals surface area contributed by atoms with Crippen molar-refractivity contribution in [3.63, 3.8) is 0 Å². The first kappa shape index (κ1) is 13.5. The molecule has 0 aliphatic heterocycles. The molecule has 1 amide bonds. The molecule has 18 heavy (non-hydrogen) atoms. The summed E-state index contributed by atoms with van der Waals surface area (Å²) in [7, 11) is 1.75. The summed E-state index contributed by atoms with van der Waals surface area (Å²) < 4.78 is 0.548. The van der Waals surface area contributed by atoms with Gasteiger partial charge < -0.3 is 10.0 Å². The van der Waals surface area contributed by atoms with Crippen molar-refractivity contribution in [1.82, 2.24) is 9.88 Å². The van der Waals surface area contributed by atoms with Gasteiger partial charge in [-0.15, -0.1) is 0 Å². The van der Waals surface area contributed by atoms with Crippen molar-refractivity contribution in [2.24, 2.45) is 0 Å². The van der Waals surface area contributed by atoms with Gasteiger partial charge in [0.2, 0.25) is 0 Å². The highest BCUT2D eigenvalue weighted by Crippen LogP contribution is 2.24. The van der Waals surface area contributed by atoms with Gasteiger partial charge in [0.05, 0.1) is 17.7 Å². The first-order chi connectivity index (χ1) is 8.61. The van der Waals surface area contributed by atoms with Gasteiger partial charge in [-0.1, -0.05) is 12.8 Å². The van der Waals surface area contributed by atoms with Crippen LogP contribution in [0.15, 0.2) is 22.9 Å². The smallest absolute Gasteiger partial charge is 0.256 e. The summed E-state index contributed by atoms with van der Waals surface area (Å²) in [4.78, 5) is 18.1. The molecule has 1 fully saturated rings. The maximum Gasteiger partial charge on any atom is 0.256 e. The van der Waals surface area contributed by atoms with Gasteiger partial charge in [-0.2, -0.15) is 0 Å². The fourth-order valence-electron chi connectivity index (χ4n) is 2.43. The van der Waals surface area contributed by atoms with Gasteiger partial charge in [-0.25, -0.2) is 4.98 Å². The first-order valence-electron chi connectivity index (χ1n) is 6.17. The molecule has 1 saturated carbocycles. The van der Waals surface area contributed by atoms with E-state index in [1.54, 1.807) is 30.3 Å². The van der Waals surface area contributed by atoms with E-state index in [1.807, 2.05) is 0 Å². The Labute approximate surface area is 115 Å². The van der Waals surface area contributed by atoms with Gasteiger partial charge in [0.1, 0.15) is 4.60 Å². The van der Waals surface area contributed by atoms with Crippen molar-refractivity contribution in [3.05, 3.63) is 28.5 Å². The van der Waals surface area contributed by atoms with Crippen LogP contribution in [0.2, 0.25) is 0 Å². The third kappa shape index (κ3) is 2.72. The molecule has 0 spiro atoms. The van der Waals surface area contributed by atoms with Crippen LogP contribution in [0.3, 0.4) is 0 Å². The van der Waals surface area contributed by atoms with Crippen LogP contribution in [0.25, 0.3) is 0 Å². The maximum atomic E-state index is 12.4. The molecule has 1 heterocycles. The number of nitrogens with zero attached hydrogens (tertiary/aromatic N) is 2. The second kappa shape index (κ2) is 5.80. The highest BCUT2D eigenvalue weighted by Gasteiger charge is 2.30. The van der Waals surface area contributed by atoms with Crippen LogP contribution < -0.4 is 0 Å². The average molecular weight is 313 g/mol. The number of carbonyl (C=O) groups is 1. The number of likely N-dealkylation sites (N-methyl/N-ethyl adjacent to an activating group) is 1. The summed E-state index contributed by atoms with van der Waals surface area (Å²) in [6.45, 7) is 0. The molecular formula is C13H17BrN2O2. The average Bonchev–Trinajstić information content (AvgIpc) is 2.38. The van der Waals surface area contributed by atoms with Crippen LogP contribution >= 0.6 is 15.9 Å². The molecule has 0 aromatic carbocycles. The van der Waals surface area contributed by atoms with Crippen LogP contribution in [0, 0.1) is 0 Å². The number of aliphatic hydroxyl groups is 1. The molecule has 1 aliphatic rings. The number of pyridine rings is 1. The molecule has 1 N–H and O–H groups in total. The second-order valence-electron chi connectivity index (χ2n) is 4.68. The Kier molecular flexibility index (Phi) is 4.35. The summed E-state index contributed by atoms with van der Waals surface area (Å²) >= 11 is 3.28. The monoisotopic (exact) mass is 312 g/mol. The van der Waals surface area contributed by atoms with E-state index in [9.17, 15) is 9.90 Å². The summed E-state index contributed by atoms with van der Waals surface area (Å²) in [6.07, 6.45) is 4.96. The van der Waals surface area contributed by atoms with E-state index in [0.29, 0.717) is 10.2 Å². The lowest BCUT2D eigenvalue weighted by atomic mass is 9.91. The van der Waals surface area contributed by atoms with Crippen LogP contribution in [0.1, 0.15) is 36.0 Å². The lowest BCUT2D eigenvalue weighted by molar-refractivity contribution is 0.0267. The third-order valence-electron chi connectivity index (χ3n) is 3.50. The molecule has 1 aromatic rings. The molecule has 0 radical (unpaired) electrons. The number of aliphatic hydroxyl groups excluding tert-OH is 1. The number of hydrogen-bond acceptors (Lipinski definition) is 3. The van der Waals surface area contributed by atoms with E-state index in [-0.39, 0.29) is 11.9 Å². The van der Waals surface area contributed by atoms with Gasteiger partial charge in [0.15, 0.2) is 0 Å². The Morgan fingerprint density at radius 1 is 1.50 bits per heavy atom. The number of rotatable bonds is 2. The van der Waals surface area contributed by atoms with E-state index in [1.165, 1.54) is 0 Å². The van der Waals surface area contributed by atoms with Crippen molar-refractivity contribution < 1.29 is 9.90 Å². The van der Waals surface area contributed by atoms with Gasteiger partial charge in [-0.05, 0) is 40.9 Å². The van der Waals surface area contributed by atoms with Gasteiger partial charge >= 0.3 is 0 Å². The van der Waals surface area contributed by atoms with Crippen LogP contribution in [0.5, 0.6) is 0 Å². The molecule has 2 atom stereocenters. The minimum atomic E-state index is -0.414. The topological polar surface area (TPSA) is 53.4 Å². The van der Waals surface area contributed by atoms with Gasteiger partial charge in [0.25, 0.3) is 5.91 Å². The Morgan fingerprint density at radius 3 is 2.89 bits per heavy atom. The highest BCUT2D eigenvalue weighted by molar-refractivity contribution is 9.10. The number of hydrogen-bond donors (Lipinski definition) is 1. The van der Waals surface area contributed by atoms with Crippen molar-refractivity contribution >= 4 is 21.8 Å². The summed E-state index contributed by atoms with van der Waals surface area (Å²) in [5, 5.41) is 9.98. The summed E-state index contributed by atoms with van der Waals surface area (Å²) in [6, 6.07) is 3.40. The maximum absolute atomic E-state index is 12.4. The number of halogens is 1. The molecular weight excluding hydrogens is 296 g/mol. The molecule has 1 aliphatic carbocycles. The molecule has 2 unspecified atom stereocenters. The van der Waals surface area contributed by atoms with E-state index in [2.05, 4.69) is 20.9 Å². The standard InChI is InChI=1S/C13H17BrN2O2/c1-16(10-6-2-3-7-11(10)17)13(18)9-5-4-8-15-12(9)14/h4-5,8,10-11,17H,2-3,6-7H2,1H3. The molecule has 98 valence electrons. The SMILES string of the molecule is CN(C(=O)c1cccnc1Br)C1CCCCC1O. The normalized spacial score (nSPS) is 23.7. The van der Waals surface area contributed by atoms with Crippen molar-refractivity contribution in [3.8, 4) is 0 Å². The second-order valence-corrected chi connectivity index (χ2v) is 5.43. The van der Waals surface area contributed by atoms with Crippen molar-refractivity contribution in [2.45, 2.75) is 37.8 Å². The fraction of sp³-hybridized carbons (Fsp3) is 0.538. The van der Waals surface area contributed by atoms with Crippen molar-refractivity contribution in [1.29, 1.82) is 0 Å². The molecule has 0 saturated heterocycles. The van der Waals surface area contributed by atoms with E-state index >= 15 is 0 Å². The van der Waals surface area contributed by atoms with E-state index < -0.39 is 6.10 Å². The quantitative estimate of drug-likeness (QED) is 0.852. The summed E-state index contributed by atoms with van der Waals surface area (Å²) in [5.74, 6) is -0.0964. The lowest BCUT2D eigenvalue weighted by Gasteiger charge is -2.35. The summed E-state index contributed by atoms with van der Waals surface area (Å²) in [5.41, 5.74) is 0.540. The lowest BCUT2D eigenvalue weighted by Crippen LogP contribution is -2.46. The fourth-order valence-corrected chi connectivity index (χ4v) is 2.85. The zero-order valence-corrected chi connectivity index (χ0v) is 11.9. The molecule has 1 aromatic heterocycles. The Balaban J connectivity index is 2.16. The first-order valence-corrected chi connectivity index (χ1v) is 6.96. The largest absolute Gasteiger partial charge is 0.391 e. The van der Waals surface area contributed by atoms with Crippen LogP contribution in [-0.2, 0) is 0 Å². The molecule has 0 bridgehead atoms. The van der Waals surface area contributed by atoms with Gasteiger partial charge in [-0.3, -0.25) is 4.79 Å². The third-order valence-corrected chi connectivity index (χ3v) is 4.13. The number of aromatic nitrogens is 1. The van der Waals surface area contributed by atoms with E-state index in [0.717, 1.165) is 25.7 Å². The Morgan fingerprint density at radius 2 is 2.22 bits per heavy atom. The zero-order chi connectivity index (χ0) is 13.1.